The third kappa shape index (κ3) is 3.22. The Kier molecular flexibility index (Phi) is 4.46. The quantitative estimate of drug-likeness (QED) is 0.899. The standard InChI is InChI=1S/C22H25NO4/c1-14-5-4-6-16-17(9-10-27-20(14)16)23-21(24)22(2,3)15-7-8-18-19(13-15)26-12-11-25-18/h4-8,13,17H,9-12H2,1-3H3,(H,23,24)/t17-/m1/s1. The topological polar surface area (TPSA) is 56.8 Å². The lowest BCUT2D eigenvalue weighted by atomic mass is 9.82. The third-order valence-corrected chi connectivity index (χ3v) is 5.41. The van der Waals surface area contributed by atoms with Gasteiger partial charge in [0.2, 0.25) is 5.91 Å². The smallest absolute Gasteiger partial charge is 0.230 e. The Morgan fingerprint density at radius 3 is 2.63 bits per heavy atom. The van der Waals surface area contributed by atoms with Crippen molar-refractivity contribution < 1.29 is 19.0 Å². The molecule has 0 aliphatic carbocycles. The van der Waals surface area contributed by atoms with Crippen LogP contribution in [0, 0.1) is 6.92 Å². The van der Waals surface area contributed by atoms with E-state index in [1.165, 1.54) is 0 Å². The molecule has 2 heterocycles. The second kappa shape index (κ2) is 6.80. The first kappa shape index (κ1) is 17.7. The van der Waals surface area contributed by atoms with Crippen molar-refractivity contribution in [2.75, 3.05) is 19.8 Å². The van der Waals surface area contributed by atoms with Crippen LogP contribution in [0.5, 0.6) is 17.2 Å². The number of rotatable bonds is 3. The van der Waals surface area contributed by atoms with E-state index in [1.807, 2.05) is 57.2 Å². The fourth-order valence-electron chi connectivity index (χ4n) is 3.63. The maximum atomic E-state index is 13.2. The highest BCUT2D eigenvalue weighted by Gasteiger charge is 2.34. The van der Waals surface area contributed by atoms with E-state index in [1.54, 1.807) is 0 Å². The molecule has 2 aliphatic rings. The number of aryl methyl sites for hydroxylation is 1. The SMILES string of the molecule is Cc1cccc2c1OCC[C@H]2NC(=O)C(C)(C)c1ccc2c(c1)OCCO2. The zero-order valence-electron chi connectivity index (χ0n) is 16.0. The predicted molar refractivity (Wildman–Crippen MR) is 103 cm³/mol. The van der Waals surface area contributed by atoms with Crippen LogP contribution in [-0.4, -0.2) is 25.7 Å². The van der Waals surface area contributed by atoms with Gasteiger partial charge in [-0.15, -0.1) is 0 Å². The number of para-hydroxylation sites is 1. The summed E-state index contributed by atoms with van der Waals surface area (Å²) in [4.78, 5) is 13.2. The summed E-state index contributed by atoms with van der Waals surface area (Å²) in [5, 5.41) is 3.23. The van der Waals surface area contributed by atoms with Crippen molar-refractivity contribution in [3.05, 3.63) is 53.1 Å². The molecule has 0 saturated carbocycles. The molecule has 0 spiro atoms. The van der Waals surface area contributed by atoms with E-state index in [0.717, 1.165) is 34.6 Å². The zero-order chi connectivity index (χ0) is 19.0. The first-order valence-electron chi connectivity index (χ1n) is 9.40. The van der Waals surface area contributed by atoms with E-state index >= 15 is 0 Å². The van der Waals surface area contributed by atoms with Gasteiger partial charge in [0.25, 0.3) is 0 Å². The van der Waals surface area contributed by atoms with Gasteiger partial charge in [-0.05, 0) is 44.0 Å². The van der Waals surface area contributed by atoms with Gasteiger partial charge in [0.15, 0.2) is 11.5 Å². The molecule has 2 aromatic carbocycles. The number of amides is 1. The Labute approximate surface area is 159 Å². The monoisotopic (exact) mass is 367 g/mol. The van der Waals surface area contributed by atoms with Crippen molar-refractivity contribution in [1.82, 2.24) is 5.32 Å². The van der Waals surface area contributed by atoms with E-state index in [4.69, 9.17) is 14.2 Å². The van der Waals surface area contributed by atoms with Crippen LogP contribution in [-0.2, 0) is 10.2 Å². The fraction of sp³-hybridized carbons (Fsp3) is 0.409. The molecule has 5 nitrogen and oxygen atoms in total. The molecule has 0 saturated heterocycles. The van der Waals surface area contributed by atoms with E-state index in [2.05, 4.69) is 5.32 Å². The van der Waals surface area contributed by atoms with Gasteiger partial charge in [-0.1, -0.05) is 24.3 Å². The highest BCUT2D eigenvalue weighted by molar-refractivity contribution is 5.88. The van der Waals surface area contributed by atoms with E-state index in [9.17, 15) is 4.79 Å². The number of benzene rings is 2. The maximum Gasteiger partial charge on any atom is 0.230 e. The molecule has 1 N–H and O–H groups in total. The molecule has 0 bridgehead atoms. The molecule has 4 rings (SSSR count). The first-order chi connectivity index (χ1) is 13.0. The van der Waals surface area contributed by atoms with Crippen LogP contribution < -0.4 is 19.5 Å². The van der Waals surface area contributed by atoms with Crippen LogP contribution >= 0.6 is 0 Å². The summed E-state index contributed by atoms with van der Waals surface area (Å²) in [6.45, 7) is 7.59. The second-order valence-electron chi connectivity index (χ2n) is 7.64. The minimum absolute atomic E-state index is 0.0152. The van der Waals surface area contributed by atoms with Crippen molar-refractivity contribution >= 4 is 5.91 Å². The van der Waals surface area contributed by atoms with Gasteiger partial charge in [0, 0.05) is 12.0 Å². The van der Waals surface area contributed by atoms with Gasteiger partial charge in [-0.2, -0.15) is 0 Å². The van der Waals surface area contributed by atoms with E-state index in [-0.39, 0.29) is 11.9 Å². The lowest BCUT2D eigenvalue weighted by Crippen LogP contribution is -2.43. The number of hydrogen-bond acceptors (Lipinski definition) is 4. The van der Waals surface area contributed by atoms with Gasteiger partial charge >= 0.3 is 0 Å². The summed E-state index contributed by atoms with van der Waals surface area (Å²) in [6.07, 6.45) is 0.763. The molecule has 0 fully saturated rings. The number of hydrogen-bond donors (Lipinski definition) is 1. The summed E-state index contributed by atoms with van der Waals surface area (Å²) in [6, 6.07) is 11.8. The molecular formula is C22H25NO4. The number of carbonyl (C=O) groups is 1. The molecule has 1 atom stereocenters. The number of nitrogens with one attached hydrogen (secondary N) is 1. The Balaban J connectivity index is 1.57. The van der Waals surface area contributed by atoms with Crippen molar-refractivity contribution in [2.24, 2.45) is 0 Å². The van der Waals surface area contributed by atoms with E-state index in [0.29, 0.717) is 25.6 Å². The minimum atomic E-state index is -0.696. The summed E-state index contributed by atoms with van der Waals surface area (Å²) in [7, 11) is 0. The minimum Gasteiger partial charge on any atom is -0.493 e. The zero-order valence-corrected chi connectivity index (χ0v) is 16.0. The van der Waals surface area contributed by atoms with Crippen molar-refractivity contribution in [1.29, 1.82) is 0 Å². The molecule has 27 heavy (non-hydrogen) atoms. The summed E-state index contributed by atoms with van der Waals surface area (Å²) in [5.41, 5.74) is 2.35. The second-order valence-corrected chi connectivity index (χ2v) is 7.64. The van der Waals surface area contributed by atoms with Crippen LogP contribution in [0.1, 0.15) is 43.0 Å². The molecule has 5 heteroatoms. The Morgan fingerprint density at radius 1 is 1.04 bits per heavy atom. The Morgan fingerprint density at radius 2 is 1.81 bits per heavy atom. The lowest BCUT2D eigenvalue weighted by molar-refractivity contribution is -0.126. The summed E-state index contributed by atoms with van der Waals surface area (Å²) < 4.78 is 17.1. The van der Waals surface area contributed by atoms with Gasteiger partial charge in [0.05, 0.1) is 18.1 Å². The molecular weight excluding hydrogens is 342 g/mol. The van der Waals surface area contributed by atoms with Gasteiger partial charge in [-0.25, -0.2) is 0 Å². The fourth-order valence-corrected chi connectivity index (χ4v) is 3.63. The highest BCUT2D eigenvalue weighted by Crippen LogP contribution is 2.37. The molecule has 2 aromatic rings. The van der Waals surface area contributed by atoms with Crippen LogP contribution in [0.4, 0.5) is 0 Å². The number of carbonyl (C=O) groups excluding carboxylic acids is 1. The van der Waals surface area contributed by atoms with Crippen molar-refractivity contribution in [3.8, 4) is 17.2 Å². The summed E-state index contributed by atoms with van der Waals surface area (Å²) in [5.74, 6) is 2.31. The van der Waals surface area contributed by atoms with Crippen LogP contribution in [0.3, 0.4) is 0 Å². The normalized spacial score (nSPS) is 18.3. The molecule has 0 unspecified atom stereocenters. The Hall–Kier alpha value is -2.69. The predicted octanol–water partition coefficient (Wildman–Crippen LogP) is 3.68. The van der Waals surface area contributed by atoms with Gasteiger partial charge in [0.1, 0.15) is 19.0 Å². The van der Waals surface area contributed by atoms with Crippen LogP contribution in [0.2, 0.25) is 0 Å². The number of fused-ring (bicyclic) bond motifs is 2. The average molecular weight is 367 g/mol. The molecule has 0 aromatic heterocycles. The largest absolute Gasteiger partial charge is 0.493 e. The highest BCUT2D eigenvalue weighted by atomic mass is 16.6. The van der Waals surface area contributed by atoms with Crippen LogP contribution in [0.25, 0.3) is 0 Å². The average Bonchev–Trinajstić information content (AvgIpc) is 2.68. The third-order valence-electron chi connectivity index (χ3n) is 5.41. The lowest BCUT2D eigenvalue weighted by Gasteiger charge is -2.32. The maximum absolute atomic E-state index is 13.2. The van der Waals surface area contributed by atoms with Crippen molar-refractivity contribution in [3.63, 3.8) is 0 Å². The Bertz CT molecular complexity index is 875. The summed E-state index contributed by atoms with van der Waals surface area (Å²) >= 11 is 0. The molecule has 2 aliphatic heterocycles. The number of ether oxygens (including phenoxy) is 3. The van der Waals surface area contributed by atoms with Crippen LogP contribution in [0.15, 0.2) is 36.4 Å². The van der Waals surface area contributed by atoms with Gasteiger partial charge < -0.3 is 19.5 Å². The molecule has 0 radical (unpaired) electrons. The molecule has 142 valence electrons. The first-order valence-corrected chi connectivity index (χ1v) is 9.40. The van der Waals surface area contributed by atoms with E-state index < -0.39 is 5.41 Å². The van der Waals surface area contributed by atoms with Gasteiger partial charge in [-0.3, -0.25) is 4.79 Å². The van der Waals surface area contributed by atoms with Crippen molar-refractivity contribution in [2.45, 2.75) is 38.6 Å². The molecule has 1 amide bonds.